The molecule has 0 aromatic carbocycles. The number of carboxylic acids is 1. The monoisotopic (exact) mass is 180 g/mol. The van der Waals surface area contributed by atoms with Gasteiger partial charge in [0.2, 0.25) is 0 Å². The number of carboxylic acid groups (broad SMARTS) is 1. The van der Waals surface area contributed by atoms with E-state index in [9.17, 15) is 4.79 Å². The smallest absolute Gasteiger partial charge is 0.353 e. The molecule has 1 heterocycles. The number of aliphatic carboxylic acids is 1. The van der Waals surface area contributed by atoms with Gasteiger partial charge in [-0.1, -0.05) is 6.08 Å². The van der Waals surface area contributed by atoms with Crippen molar-refractivity contribution in [2.45, 2.75) is 19.8 Å². The largest absolute Gasteiger partial charge is 0.477 e. The Morgan fingerprint density at radius 3 is 3.23 bits per heavy atom. The van der Waals surface area contributed by atoms with Crippen molar-refractivity contribution < 1.29 is 9.90 Å². The first-order valence-electron chi connectivity index (χ1n) is 4.42. The number of nitrogens with one attached hydrogen (secondary N) is 1. The van der Waals surface area contributed by atoms with Crippen LogP contribution in [-0.4, -0.2) is 16.8 Å². The highest BCUT2D eigenvalue weighted by molar-refractivity contribution is 5.89. The molecule has 1 saturated carbocycles. The van der Waals surface area contributed by atoms with Gasteiger partial charge in [-0.05, 0) is 25.7 Å². The van der Waals surface area contributed by atoms with E-state index in [0.717, 1.165) is 18.6 Å². The number of nitrogens with zero attached hydrogens (tertiary/aromatic N) is 1. The van der Waals surface area contributed by atoms with Crippen LogP contribution in [0.25, 0.3) is 0 Å². The molecule has 0 radical (unpaired) electrons. The summed E-state index contributed by atoms with van der Waals surface area (Å²) in [4.78, 5) is 10.6. The summed E-state index contributed by atoms with van der Waals surface area (Å²) in [6.07, 6.45) is 3.73. The second-order valence-corrected chi connectivity index (χ2v) is 3.63. The maximum Gasteiger partial charge on any atom is 0.353 e. The summed E-state index contributed by atoms with van der Waals surface area (Å²) >= 11 is 0. The molecule has 0 spiro atoms. The molecule has 4 heteroatoms. The number of allylic oxidation sites excluding steroid dienone is 1. The molecule has 1 fully saturated rings. The van der Waals surface area contributed by atoms with Crippen molar-refractivity contribution >= 4 is 11.7 Å². The van der Waals surface area contributed by atoms with Crippen LogP contribution in [0.15, 0.2) is 16.9 Å². The van der Waals surface area contributed by atoms with E-state index in [0.29, 0.717) is 11.8 Å². The Labute approximate surface area is 76.3 Å². The van der Waals surface area contributed by atoms with Gasteiger partial charge < -0.3 is 5.11 Å². The van der Waals surface area contributed by atoms with Crippen LogP contribution in [0.2, 0.25) is 0 Å². The van der Waals surface area contributed by atoms with E-state index >= 15 is 0 Å². The lowest BCUT2D eigenvalue weighted by molar-refractivity contribution is -0.133. The second-order valence-electron chi connectivity index (χ2n) is 3.63. The van der Waals surface area contributed by atoms with Gasteiger partial charge in [0, 0.05) is 11.6 Å². The first-order valence-corrected chi connectivity index (χ1v) is 4.42. The zero-order valence-electron chi connectivity index (χ0n) is 7.45. The lowest BCUT2D eigenvalue weighted by atomic mass is 10.1. The predicted octanol–water partition coefficient (Wildman–Crippen LogP) is 0.960. The molecule has 0 saturated heterocycles. The average Bonchev–Trinajstić information content (AvgIpc) is 2.79. The van der Waals surface area contributed by atoms with Gasteiger partial charge in [0.05, 0.1) is 0 Å². The normalized spacial score (nSPS) is 39.5. The molecule has 2 rings (SSSR count). The summed E-state index contributed by atoms with van der Waals surface area (Å²) in [7, 11) is 0. The Hall–Kier alpha value is -1.32. The van der Waals surface area contributed by atoms with E-state index in [1.54, 1.807) is 6.08 Å². The number of rotatable bonds is 1. The number of hydrazone groups is 1. The lowest BCUT2D eigenvalue weighted by Gasteiger charge is -2.06. The van der Waals surface area contributed by atoms with Crippen LogP contribution in [0, 0.1) is 11.8 Å². The molecule has 2 N–H and O–H groups in total. The summed E-state index contributed by atoms with van der Waals surface area (Å²) in [5.41, 5.74) is 3.80. The van der Waals surface area contributed by atoms with Crippen molar-refractivity contribution in [3.63, 3.8) is 0 Å². The fourth-order valence-corrected chi connectivity index (χ4v) is 1.70. The predicted molar refractivity (Wildman–Crippen MR) is 48.2 cm³/mol. The van der Waals surface area contributed by atoms with Gasteiger partial charge in [0.15, 0.2) is 0 Å². The maximum absolute atomic E-state index is 10.6. The molecule has 1 aliphatic heterocycles. The van der Waals surface area contributed by atoms with E-state index < -0.39 is 5.97 Å². The van der Waals surface area contributed by atoms with Crippen LogP contribution in [0.1, 0.15) is 19.8 Å². The van der Waals surface area contributed by atoms with Crippen LogP contribution >= 0.6 is 0 Å². The van der Waals surface area contributed by atoms with Gasteiger partial charge in [-0.25, -0.2) is 4.79 Å². The molecule has 1 aliphatic carbocycles. The van der Waals surface area contributed by atoms with Crippen molar-refractivity contribution in [2.75, 3.05) is 0 Å². The van der Waals surface area contributed by atoms with Gasteiger partial charge in [0.1, 0.15) is 5.70 Å². The minimum atomic E-state index is -0.935. The molecule has 2 unspecified atom stereocenters. The molecular weight excluding hydrogens is 168 g/mol. The fraction of sp³-hybridized carbons (Fsp3) is 0.556. The highest BCUT2D eigenvalue weighted by atomic mass is 16.4. The summed E-state index contributed by atoms with van der Waals surface area (Å²) < 4.78 is 0. The Morgan fingerprint density at radius 1 is 1.77 bits per heavy atom. The maximum atomic E-state index is 10.6. The third-order valence-corrected chi connectivity index (χ3v) is 2.67. The van der Waals surface area contributed by atoms with Crippen molar-refractivity contribution in [3.05, 3.63) is 11.8 Å². The van der Waals surface area contributed by atoms with Gasteiger partial charge >= 0.3 is 5.97 Å². The number of hydrogen-bond acceptors (Lipinski definition) is 3. The third kappa shape index (κ3) is 1.56. The fourth-order valence-electron chi connectivity index (χ4n) is 1.70. The third-order valence-electron chi connectivity index (χ3n) is 2.67. The molecule has 0 amide bonds. The first-order chi connectivity index (χ1) is 6.18. The standard InChI is InChI=1S/C9H12N2O2/c1-5-7-4-6(7)2-3-8(9(12)13)11-10-5/h3,6-7,11H,2,4H2,1H3,(H,12,13)/b8-3+,10-5+. The van der Waals surface area contributed by atoms with Crippen molar-refractivity contribution in [1.82, 2.24) is 5.43 Å². The summed E-state index contributed by atoms with van der Waals surface area (Å²) in [6.45, 7) is 1.95. The van der Waals surface area contributed by atoms with Gasteiger partial charge in [-0.15, -0.1) is 0 Å². The molecule has 13 heavy (non-hydrogen) atoms. The van der Waals surface area contributed by atoms with Crippen molar-refractivity contribution in [2.24, 2.45) is 16.9 Å². The van der Waals surface area contributed by atoms with E-state index in [-0.39, 0.29) is 5.70 Å². The second kappa shape index (κ2) is 2.87. The topological polar surface area (TPSA) is 61.7 Å². The van der Waals surface area contributed by atoms with Crippen LogP contribution in [0.5, 0.6) is 0 Å². The summed E-state index contributed by atoms with van der Waals surface area (Å²) in [5.74, 6) is 0.273. The summed E-state index contributed by atoms with van der Waals surface area (Å²) in [5, 5.41) is 12.8. The van der Waals surface area contributed by atoms with Crippen LogP contribution < -0.4 is 5.43 Å². The van der Waals surface area contributed by atoms with E-state index in [1.165, 1.54) is 0 Å². The molecule has 70 valence electrons. The van der Waals surface area contributed by atoms with Crippen LogP contribution in [0.4, 0.5) is 0 Å². The molecule has 0 aromatic heterocycles. The Kier molecular flexibility index (Phi) is 1.83. The van der Waals surface area contributed by atoms with Crippen LogP contribution in [-0.2, 0) is 4.79 Å². The van der Waals surface area contributed by atoms with Gasteiger partial charge in [-0.2, -0.15) is 5.10 Å². The number of hydrogen-bond donors (Lipinski definition) is 2. The van der Waals surface area contributed by atoms with Crippen molar-refractivity contribution in [3.8, 4) is 0 Å². The Bertz CT molecular complexity index is 307. The van der Waals surface area contributed by atoms with Crippen molar-refractivity contribution in [1.29, 1.82) is 0 Å². The quantitative estimate of drug-likeness (QED) is 0.631. The first kappa shape index (κ1) is 8.29. The minimum absolute atomic E-state index is 0.199. The van der Waals surface area contributed by atoms with E-state index in [4.69, 9.17) is 5.11 Å². The highest BCUT2D eigenvalue weighted by Crippen LogP contribution is 2.43. The minimum Gasteiger partial charge on any atom is -0.477 e. The molecule has 0 bridgehead atoms. The molecule has 4 nitrogen and oxygen atoms in total. The molecule has 0 aromatic rings. The average molecular weight is 180 g/mol. The summed E-state index contributed by atoms with van der Waals surface area (Å²) in [6, 6.07) is 0. The molecule has 2 atom stereocenters. The zero-order chi connectivity index (χ0) is 9.42. The highest BCUT2D eigenvalue weighted by Gasteiger charge is 2.39. The van der Waals surface area contributed by atoms with Gasteiger partial charge in [0.25, 0.3) is 0 Å². The zero-order valence-corrected chi connectivity index (χ0v) is 7.45. The number of carbonyl (C=O) groups is 1. The van der Waals surface area contributed by atoms with E-state index in [2.05, 4.69) is 10.5 Å². The SMILES string of the molecule is C/C1=N\N/C(C(=O)O)=C/CC2CC12. The molecule has 2 aliphatic rings. The molecular formula is C9H12N2O2. The number of fused-ring (bicyclic) bond motifs is 1. The van der Waals surface area contributed by atoms with Crippen LogP contribution in [0.3, 0.4) is 0 Å². The van der Waals surface area contributed by atoms with E-state index in [1.807, 2.05) is 6.92 Å². The van der Waals surface area contributed by atoms with Gasteiger partial charge in [-0.3, -0.25) is 5.43 Å². The lowest BCUT2D eigenvalue weighted by Crippen LogP contribution is -2.18. The Morgan fingerprint density at radius 2 is 2.54 bits per heavy atom. The Balaban J connectivity index is 2.16.